The Hall–Kier alpha value is -6.98. The van der Waals surface area contributed by atoms with Gasteiger partial charge >= 0.3 is 0 Å². The Kier molecular flexibility index (Phi) is 7.54. The van der Waals surface area contributed by atoms with Gasteiger partial charge in [0, 0.05) is 21.9 Å². The molecule has 0 aliphatic heterocycles. The molecule has 0 N–H and O–H groups in total. The van der Waals surface area contributed by atoms with Crippen LogP contribution in [-0.2, 0) is 0 Å². The topological polar surface area (TPSA) is 56.5 Å². The largest absolute Gasteiger partial charge is 0.294 e. The molecule has 0 fully saturated rings. The summed E-state index contributed by atoms with van der Waals surface area (Å²) in [4.78, 5) is 20.4. The number of allylic oxidation sites excluding steroid dienone is 4. The number of para-hydroxylation sites is 1. The third-order valence-electron chi connectivity index (χ3n) is 10.1. The summed E-state index contributed by atoms with van der Waals surface area (Å²) in [7, 11) is 0. The highest BCUT2D eigenvalue weighted by molar-refractivity contribution is 6.21. The van der Waals surface area contributed by atoms with Crippen molar-refractivity contribution in [3.63, 3.8) is 0 Å². The third kappa shape index (κ3) is 5.60. The van der Waals surface area contributed by atoms with E-state index in [2.05, 4.69) is 162 Å². The Morgan fingerprint density at radius 2 is 1.06 bits per heavy atom. The van der Waals surface area contributed by atoms with Crippen LogP contribution in [0.1, 0.15) is 18.4 Å². The van der Waals surface area contributed by atoms with E-state index in [9.17, 15) is 0 Å². The van der Waals surface area contributed by atoms with Gasteiger partial charge in [0.2, 0.25) is 0 Å². The Labute approximate surface area is 307 Å². The highest BCUT2D eigenvalue weighted by atomic mass is 15.1. The SMILES string of the molecule is C1=CC(c2ccc(-c3nc(-c4ccc(-c5ccccc5)cc4)nc(-c4cccc(-n5c6ccccc6c6c7ccccc7ccc65)n4)n3)cc2)=CCC1. The zero-order valence-electron chi connectivity index (χ0n) is 28.9. The van der Waals surface area contributed by atoms with Crippen molar-refractivity contribution in [1.29, 1.82) is 0 Å². The molecule has 6 aromatic carbocycles. The third-order valence-corrected chi connectivity index (χ3v) is 10.1. The summed E-state index contributed by atoms with van der Waals surface area (Å²) < 4.78 is 2.25. The molecule has 0 saturated heterocycles. The lowest BCUT2D eigenvalue weighted by Crippen LogP contribution is -2.03. The lowest BCUT2D eigenvalue weighted by molar-refractivity contribution is 1.03. The number of hydrogen-bond acceptors (Lipinski definition) is 4. The maximum Gasteiger partial charge on any atom is 0.182 e. The predicted octanol–water partition coefficient (Wildman–Crippen LogP) is 11.9. The summed E-state index contributed by atoms with van der Waals surface area (Å²) in [5.74, 6) is 2.53. The molecule has 0 bridgehead atoms. The van der Waals surface area contributed by atoms with E-state index >= 15 is 0 Å². The van der Waals surface area contributed by atoms with Gasteiger partial charge in [-0.1, -0.05) is 152 Å². The lowest BCUT2D eigenvalue weighted by Gasteiger charge is -2.12. The molecule has 5 nitrogen and oxygen atoms in total. The van der Waals surface area contributed by atoms with Gasteiger partial charge in [-0.3, -0.25) is 4.57 Å². The van der Waals surface area contributed by atoms with E-state index in [1.807, 2.05) is 18.2 Å². The van der Waals surface area contributed by atoms with Crippen LogP contribution < -0.4 is 0 Å². The van der Waals surface area contributed by atoms with Crippen molar-refractivity contribution in [1.82, 2.24) is 24.5 Å². The molecule has 10 rings (SSSR count). The summed E-state index contributed by atoms with van der Waals surface area (Å²) in [5, 5.41) is 4.85. The summed E-state index contributed by atoms with van der Waals surface area (Å²) >= 11 is 0. The van der Waals surface area contributed by atoms with Crippen LogP contribution in [0.15, 0.2) is 176 Å². The molecule has 0 atom stereocenters. The van der Waals surface area contributed by atoms with Gasteiger partial charge in [0.05, 0.1) is 11.0 Å². The highest BCUT2D eigenvalue weighted by Crippen LogP contribution is 2.37. The fourth-order valence-corrected chi connectivity index (χ4v) is 7.49. The molecule has 5 heteroatoms. The maximum atomic E-state index is 5.26. The van der Waals surface area contributed by atoms with Gasteiger partial charge in [0.25, 0.3) is 0 Å². The van der Waals surface area contributed by atoms with E-state index in [4.69, 9.17) is 19.9 Å². The standard InChI is InChI=1S/C48H33N5/c1-3-12-32(13-4-1)34-22-26-37(27-23-34)46-50-47(38-28-24-35(25-29-38)33-14-5-2-6-15-33)52-48(51-46)41-19-11-21-44(49-41)53-42-20-10-9-18-40(42)45-39-17-8-7-16-36(39)30-31-43(45)53/h1,3-5,7-31H,2,6H2. The van der Waals surface area contributed by atoms with Crippen molar-refractivity contribution in [2.24, 2.45) is 0 Å². The van der Waals surface area contributed by atoms with E-state index in [0.717, 1.165) is 51.9 Å². The first-order chi connectivity index (χ1) is 26.3. The first-order valence-corrected chi connectivity index (χ1v) is 18.0. The number of hydrogen-bond donors (Lipinski definition) is 0. The van der Waals surface area contributed by atoms with E-state index in [0.29, 0.717) is 23.2 Å². The van der Waals surface area contributed by atoms with Crippen molar-refractivity contribution < 1.29 is 0 Å². The second kappa shape index (κ2) is 13.0. The Balaban J connectivity index is 1.12. The van der Waals surface area contributed by atoms with Crippen LogP contribution in [0, 0.1) is 0 Å². The van der Waals surface area contributed by atoms with Gasteiger partial charge in [-0.2, -0.15) is 0 Å². The van der Waals surface area contributed by atoms with Crippen LogP contribution in [0.2, 0.25) is 0 Å². The van der Waals surface area contributed by atoms with E-state index in [-0.39, 0.29) is 0 Å². The Morgan fingerprint density at radius 3 is 1.81 bits per heavy atom. The van der Waals surface area contributed by atoms with Gasteiger partial charge in [0.15, 0.2) is 17.5 Å². The van der Waals surface area contributed by atoms with Crippen LogP contribution in [-0.4, -0.2) is 24.5 Å². The molecule has 0 radical (unpaired) electrons. The van der Waals surface area contributed by atoms with Gasteiger partial charge < -0.3 is 0 Å². The van der Waals surface area contributed by atoms with E-state index in [1.54, 1.807) is 0 Å². The number of rotatable bonds is 6. The van der Waals surface area contributed by atoms with Crippen LogP contribution in [0.5, 0.6) is 0 Å². The average Bonchev–Trinajstić information content (AvgIpc) is 3.59. The number of pyridine rings is 1. The quantitative estimate of drug-likeness (QED) is 0.175. The molecule has 3 heterocycles. The van der Waals surface area contributed by atoms with Gasteiger partial charge in [-0.05, 0) is 70.1 Å². The van der Waals surface area contributed by atoms with Crippen molar-refractivity contribution in [3.8, 4) is 51.2 Å². The first-order valence-electron chi connectivity index (χ1n) is 18.0. The summed E-state index contributed by atoms with van der Waals surface area (Å²) in [6.07, 6.45) is 8.89. The smallest absolute Gasteiger partial charge is 0.182 e. The van der Waals surface area contributed by atoms with Crippen LogP contribution in [0.25, 0.3) is 89.4 Å². The summed E-state index contributed by atoms with van der Waals surface area (Å²) in [6, 6.07) is 54.9. The number of benzene rings is 6. The normalized spacial score (nSPS) is 12.8. The fraction of sp³-hybridized carbons (Fsp3) is 0.0417. The van der Waals surface area contributed by atoms with E-state index < -0.39 is 0 Å². The minimum atomic E-state index is 0.521. The number of aromatic nitrogens is 5. The molecule has 0 unspecified atom stereocenters. The van der Waals surface area contributed by atoms with Gasteiger partial charge in [0.1, 0.15) is 11.5 Å². The Morgan fingerprint density at radius 1 is 0.415 bits per heavy atom. The van der Waals surface area contributed by atoms with Crippen molar-refractivity contribution in [3.05, 3.63) is 182 Å². The second-order valence-electron chi connectivity index (χ2n) is 13.4. The molecule has 250 valence electrons. The lowest BCUT2D eigenvalue weighted by atomic mass is 9.98. The second-order valence-corrected chi connectivity index (χ2v) is 13.4. The summed E-state index contributed by atoms with van der Waals surface area (Å²) in [5.41, 5.74) is 9.45. The zero-order chi connectivity index (χ0) is 35.1. The molecule has 9 aromatic rings. The molecule has 0 amide bonds. The van der Waals surface area contributed by atoms with Crippen LogP contribution >= 0.6 is 0 Å². The molecule has 3 aromatic heterocycles. The maximum absolute atomic E-state index is 5.26. The van der Waals surface area contributed by atoms with Crippen molar-refractivity contribution >= 4 is 38.2 Å². The highest BCUT2D eigenvalue weighted by Gasteiger charge is 2.18. The average molecular weight is 680 g/mol. The predicted molar refractivity (Wildman–Crippen MR) is 218 cm³/mol. The minimum Gasteiger partial charge on any atom is -0.294 e. The Bertz CT molecular complexity index is 2870. The number of nitrogens with zero attached hydrogens (tertiary/aromatic N) is 5. The van der Waals surface area contributed by atoms with Crippen molar-refractivity contribution in [2.45, 2.75) is 12.8 Å². The van der Waals surface area contributed by atoms with Gasteiger partial charge in [-0.25, -0.2) is 19.9 Å². The van der Waals surface area contributed by atoms with Crippen LogP contribution in [0.4, 0.5) is 0 Å². The van der Waals surface area contributed by atoms with E-state index in [1.165, 1.54) is 32.7 Å². The fourth-order valence-electron chi connectivity index (χ4n) is 7.49. The molecule has 0 saturated carbocycles. The monoisotopic (exact) mass is 679 g/mol. The first kappa shape index (κ1) is 30.8. The molecule has 0 spiro atoms. The molecular formula is C48H33N5. The zero-order valence-corrected chi connectivity index (χ0v) is 28.9. The number of fused-ring (bicyclic) bond motifs is 5. The van der Waals surface area contributed by atoms with Gasteiger partial charge in [-0.15, -0.1) is 0 Å². The molecule has 53 heavy (non-hydrogen) atoms. The molecular weight excluding hydrogens is 647 g/mol. The minimum absolute atomic E-state index is 0.521. The summed E-state index contributed by atoms with van der Waals surface area (Å²) in [6.45, 7) is 0. The molecule has 1 aliphatic rings. The molecule has 1 aliphatic carbocycles. The van der Waals surface area contributed by atoms with Crippen LogP contribution in [0.3, 0.4) is 0 Å². The van der Waals surface area contributed by atoms with Crippen molar-refractivity contribution in [2.75, 3.05) is 0 Å².